The number of nitrogens with zero attached hydrogens (tertiary/aromatic N) is 1. The summed E-state index contributed by atoms with van der Waals surface area (Å²) < 4.78 is 53.5. The SMILES string of the molecule is CC1(C)CNCCN1S(=O)(=O)c1c(F)cc(F)cc1Br. The van der Waals surface area contributed by atoms with Gasteiger partial charge in [-0.1, -0.05) is 0 Å². The van der Waals surface area contributed by atoms with Crippen LogP contribution in [0.4, 0.5) is 8.78 Å². The quantitative estimate of drug-likeness (QED) is 0.869. The van der Waals surface area contributed by atoms with Crippen molar-refractivity contribution in [1.82, 2.24) is 9.62 Å². The first kappa shape index (κ1) is 15.8. The molecule has 1 aliphatic rings. The topological polar surface area (TPSA) is 49.4 Å². The van der Waals surface area contributed by atoms with Crippen LogP contribution in [-0.2, 0) is 10.0 Å². The van der Waals surface area contributed by atoms with Crippen molar-refractivity contribution in [2.45, 2.75) is 24.3 Å². The predicted octanol–water partition coefficient (Wildman–Crippen LogP) is 2.10. The third-order valence-corrected chi connectivity index (χ3v) is 6.31. The van der Waals surface area contributed by atoms with Gasteiger partial charge in [0.25, 0.3) is 0 Å². The monoisotopic (exact) mass is 368 g/mol. The van der Waals surface area contributed by atoms with Crippen LogP contribution in [0.3, 0.4) is 0 Å². The Kier molecular flexibility index (Phi) is 4.21. The maximum Gasteiger partial charge on any atom is 0.247 e. The van der Waals surface area contributed by atoms with Gasteiger partial charge in [0, 0.05) is 35.7 Å². The summed E-state index contributed by atoms with van der Waals surface area (Å²) in [5.41, 5.74) is -0.683. The lowest BCUT2D eigenvalue weighted by Crippen LogP contribution is -2.59. The molecule has 1 aromatic rings. The molecule has 1 fully saturated rings. The fourth-order valence-corrected chi connectivity index (χ4v) is 5.20. The van der Waals surface area contributed by atoms with Crippen LogP contribution in [0.15, 0.2) is 21.5 Å². The molecule has 1 N–H and O–H groups in total. The summed E-state index contributed by atoms with van der Waals surface area (Å²) in [5.74, 6) is -1.92. The average Bonchev–Trinajstić information content (AvgIpc) is 2.25. The second-order valence-electron chi connectivity index (χ2n) is 5.26. The van der Waals surface area contributed by atoms with E-state index in [2.05, 4.69) is 21.2 Å². The van der Waals surface area contributed by atoms with Crippen molar-refractivity contribution >= 4 is 26.0 Å². The molecule has 0 unspecified atom stereocenters. The van der Waals surface area contributed by atoms with Gasteiger partial charge in [-0.25, -0.2) is 17.2 Å². The van der Waals surface area contributed by atoms with Gasteiger partial charge in [-0.05, 0) is 35.8 Å². The predicted molar refractivity (Wildman–Crippen MR) is 74.9 cm³/mol. The molecule has 1 heterocycles. The highest BCUT2D eigenvalue weighted by atomic mass is 79.9. The minimum Gasteiger partial charge on any atom is -0.314 e. The molecule has 0 radical (unpaired) electrons. The van der Waals surface area contributed by atoms with E-state index in [9.17, 15) is 17.2 Å². The van der Waals surface area contributed by atoms with Crippen LogP contribution < -0.4 is 5.32 Å². The van der Waals surface area contributed by atoms with Gasteiger partial charge in [-0.3, -0.25) is 0 Å². The highest BCUT2D eigenvalue weighted by molar-refractivity contribution is 9.10. The molecule has 0 amide bonds. The lowest BCUT2D eigenvalue weighted by Gasteiger charge is -2.41. The van der Waals surface area contributed by atoms with Crippen LogP contribution in [-0.4, -0.2) is 37.9 Å². The maximum atomic E-state index is 13.9. The van der Waals surface area contributed by atoms with E-state index in [0.717, 1.165) is 6.07 Å². The summed E-state index contributed by atoms with van der Waals surface area (Å²) in [6, 6.07) is 1.53. The van der Waals surface area contributed by atoms with Crippen LogP contribution in [0.5, 0.6) is 0 Å². The van der Waals surface area contributed by atoms with Crippen molar-refractivity contribution in [3.63, 3.8) is 0 Å². The Morgan fingerprint density at radius 1 is 1.35 bits per heavy atom. The third kappa shape index (κ3) is 2.74. The van der Waals surface area contributed by atoms with Crippen LogP contribution in [0, 0.1) is 11.6 Å². The van der Waals surface area contributed by atoms with Crippen molar-refractivity contribution in [3.05, 3.63) is 28.2 Å². The zero-order valence-electron chi connectivity index (χ0n) is 11.1. The molecule has 0 atom stereocenters. The van der Waals surface area contributed by atoms with E-state index in [1.165, 1.54) is 4.31 Å². The smallest absolute Gasteiger partial charge is 0.247 e. The van der Waals surface area contributed by atoms with E-state index in [1.54, 1.807) is 13.8 Å². The summed E-state index contributed by atoms with van der Waals surface area (Å²) in [4.78, 5) is -0.520. The summed E-state index contributed by atoms with van der Waals surface area (Å²) in [6.07, 6.45) is 0. The van der Waals surface area contributed by atoms with Gasteiger partial charge in [0.1, 0.15) is 16.5 Å². The molecule has 0 aliphatic carbocycles. The largest absolute Gasteiger partial charge is 0.314 e. The first-order chi connectivity index (χ1) is 9.16. The molecular weight excluding hydrogens is 354 g/mol. The third-order valence-electron chi connectivity index (χ3n) is 3.24. The summed E-state index contributed by atoms with van der Waals surface area (Å²) in [6.45, 7) is 4.70. The number of hydrogen-bond donors (Lipinski definition) is 1. The number of hydrogen-bond acceptors (Lipinski definition) is 3. The fourth-order valence-electron chi connectivity index (χ4n) is 2.30. The molecule has 0 aromatic heterocycles. The second-order valence-corrected chi connectivity index (χ2v) is 7.92. The molecule has 0 spiro atoms. The van der Waals surface area contributed by atoms with E-state index in [-0.39, 0.29) is 11.0 Å². The highest BCUT2D eigenvalue weighted by Gasteiger charge is 2.41. The van der Waals surface area contributed by atoms with Crippen LogP contribution >= 0.6 is 15.9 Å². The highest BCUT2D eigenvalue weighted by Crippen LogP contribution is 2.32. The van der Waals surface area contributed by atoms with E-state index < -0.39 is 32.1 Å². The molecule has 1 aromatic carbocycles. The summed E-state index contributed by atoms with van der Waals surface area (Å²) >= 11 is 2.94. The molecule has 2 rings (SSSR count). The number of piperazine rings is 1. The molecule has 1 saturated heterocycles. The zero-order valence-corrected chi connectivity index (χ0v) is 13.5. The number of sulfonamides is 1. The molecule has 8 heteroatoms. The first-order valence-electron chi connectivity index (χ1n) is 6.04. The van der Waals surface area contributed by atoms with Gasteiger partial charge in [0.15, 0.2) is 0 Å². The van der Waals surface area contributed by atoms with Gasteiger partial charge in [0.05, 0.1) is 0 Å². The Labute approximate surface area is 125 Å². The van der Waals surface area contributed by atoms with Crippen LogP contribution in [0.2, 0.25) is 0 Å². The molecule has 112 valence electrons. The van der Waals surface area contributed by atoms with E-state index in [1.807, 2.05) is 0 Å². The second kappa shape index (κ2) is 5.32. The molecular formula is C12H15BrF2N2O2S. The molecule has 20 heavy (non-hydrogen) atoms. The van der Waals surface area contributed by atoms with E-state index in [4.69, 9.17) is 0 Å². The molecule has 0 bridgehead atoms. The number of rotatable bonds is 2. The van der Waals surface area contributed by atoms with E-state index >= 15 is 0 Å². The Hall–Kier alpha value is -0.570. The van der Waals surface area contributed by atoms with Crippen LogP contribution in [0.25, 0.3) is 0 Å². The first-order valence-corrected chi connectivity index (χ1v) is 8.28. The van der Waals surface area contributed by atoms with Crippen LogP contribution in [0.1, 0.15) is 13.8 Å². The molecule has 0 saturated carbocycles. The van der Waals surface area contributed by atoms with Crippen molar-refractivity contribution in [1.29, 1.82) is 0 Å². The number of halogens is 3. The minimum absolute atomic E-state index is 0.107. The van der Waals surface area contributed by atoms with Gasteiger partial charge >= 0.3 is 0 Å². The van der Waals surface area contributed by atoms with Crippen molar-refractivity contribution < 1.29 is 17.2 Å². The Morgan fingerprint density at radius 3 is 2.55 bits per heavy atom. The Balaban J connectivity index is 2.56. The summed E-state index contributed by atoms with van der Waals surface area (Å²) in [7, 11) is -4.04. The average molecular weight is 369 g/mol. The Morgan fingerprint density at radius 2 is 2.00 bits per heavy atom. The lowest BCUT2D eigenvalue weighted by molar-refractivity contribution is 0.185. The number of benzene rings is 1. The standard InChI is InChI=1S/C12H15BrF2N2O2S/c1-12(2)7-16-3-4-17(12)20(18,19)11-9(13)5-8(14)6-10(11)15/h5-6,16H,3-4,7H2,1-2H3. The zero-order chi connectivity index (χ0) is 15.1. The van der Waals surface area contributed by atoms with E-state index in [0.29, 0.717) is 19.2 Å². The molecule has 4 nitrogen and oxygen atoms in total. The van der Waals surface area contributed by atoms with Gasteiger partial charge in [0.2, 0.25) is 10.0 Å². The number of nitrogens with one attached hydrogen (secondary N) is 1. The van der Waals surface area contributed by atoms with Gasteiger partial charge < -0.3 is 5.32 Å². The van der Waals surface area contributed by atoms with Crippen molar-refractivity contribution in [2.24, 2.45) is 0 Å². The summed E-state index contributed by atoms with van der Waals surface area (Å²) in [5, 5.41) is 3.10. The van der Waals surface area contributed by atoms with Gasteiger partial charge in [-0.15, -0.1) is 0 Å². The van der Waals surface area contributed by atoms with Gasteiger partial charge in [-0.2, -0.15) is 4.31 Å². The lowest BCUT2D eigenvalue weighted by atomic mass is 10.0. The fraction of sp³-hybridized carbons (Fsp3) is 0.500. The maximum absolute atomic E-state index is 13.9. The normalized spacial score (nSPS) is 20.1. The Bertz CT molecular complexity index is 611. The molecule has 1 aliphatic heterocycles. The minimum atomic E-state index is -4.04. The van der Waals surface area contributed by atoms with Crippen molar-refractivity contribution in [3.8, 4) is 0 Å². The van der Waals surface area contributed by atoms with Crippen molar-refractivity contribution in [2.75, 3.05) is 19.6 Å².